The number of ether oxygens (including phenoxy) is 3. The zero-order valence-corrected chi connectivity index (χ0v) is 29.1. The lowest BCUT2D eigenvalue weighted by molar-refractivity contribution is -0.214. The molecule has 3 aliphatic carbocycles. The summed E-state index contributed by atoms with van der Waals surface area (Å²) < 4.78 is 17.7. The topological polar surface area (TPSA) is 102 Å². The van der Waals surface area contributed by atoms with Crippen LogP contribution in [-0.2, 0) is 23.8 Å². The Morgan fingerprint density at radius 3 is 2.48 bits per heavy atom. The van der Waals surface area contributed by atoms with Gasteiger partial charge >= 0.3 is 11.9 Å². The third kappa shape index (κ3) is 6.19. The molecule has 2 N–H and O–H groups in total. The average molecular weight is 617 g/mol. The van der Waals surface area contributed by atoms with Crippen molar-refractivity contribution in [1.82, 2.24) is 0 Å². The highest BCUT2D eigenvalue weighted by Gasteiger charge is 2.68. The second-order valence-electron chi connectivity index (χ2n) is 16.1. The number of carbonyl (C=O) groups excluding carboxylic acids is 2. The number of aliphatic hydroxyl groups excluding tert-OH is 1. The molecule has 1 saturated heterocycles. The molecule has 1 unspecified atom stereocenters. The Bertz CT molecular complexity index is 1130. The van der Waals surface area contributed by atoms with Crippen molar-refractivity contribution in [2.24, 2.45) is 45.8 Å². The van der Waals surface area contributed by atoms with Crippen LogP contribution in [0.4, 0.5) is 0 Å². The van der Waals surface area contributed by atoms with E-state index in [2.05, 4.69) is 46.8 Å². The van der Waals surface area contributed by atoms with E-state index in [1.165, 1.54) is 18.3 Å². The van der Waals surface area contributed by atoms with Gasteiger partial charge in [-0.3, -0.25) is 4.79 Å². The van der Waals surface area contributed by atoms with Crippen LogP contribution >= 0.6 is 0 Å². The van der Waals surface area contributed by atoms with Crippen LogP contribution in [0.25, 0.3) is 0 Å². The predicted molar refractivity (Wildman–Crippen MR) is 172 cm³/mol. The molecule has 0 spiro atoms. The molecular formula is C37H60O7. The molecule has 1 heterocycles. The molecule has 0 aromatic carbocycles. The lowest BCUT2D eigenvalue weighted by Gasteiger charge is -2.66. The van der Waals surface area contributed by atoms with Gasteiger partial charge in [0, 0.05) is 11.8 Å². The first-order valence-corrected chi connectivity index (χ1v) is 17.1. The number of allylic oxidation sites excluding steroid dienone is 2. The number of carbonyl (C=O) groups is 2. The maximum absolute atomic E-state index is 13.5. The monoisotopic (exact) mass is 616 g/mol. The zero-order valence-electron chi connectivity index (χ0n) is 29.1. The van der Waals surface area contributed by atoms with E-state index in [1.54, 1.807) is 0 Å². The van der Waals surface area contributed by atoms with E-state index in [0.717, 1.165) is 32.3 Å². The number of aliphatic hydroxyl groups is 2. The molecule has 0 aromatic heterocycles. The van der Waals surface area contributed by atoms with Gasteiger partial charge in [-0.1, -0.05) is 64.3 Å². The Morgan fingerprint density at radius 2 is 1.89 bits per heavy atom. The molecule has 250 valence electrons. The van der Waals surface area contributed by atoms with Crippen molar-refractivity contribution in [2.75, 3.05) is 13.7 Å². The van der Waals surface area contributed by atoms with E-state index in [9.17, 15) is 19.8 Å². The molecule has 7 nitrogen and oxygen atoms in total. The lowest BCUT2D eigenvalue weighted by Crippen LogP contribution is -2.64. The third-order valence-corrected chi connectivity index (χ3v) is 12.8. The van der Waals surface area contributed by atoms with Gasteiger partial charge in [0.05, 0.1) is 25.4 Å². The van der Waals surface area contributed by atoms with E-state index in [4.69, 9.17) is 14.2 Å². The highest BCUT2D eigenvalue weighted by molar-refractivity contribution is 5.75. The molecule has 4 rings (SSSR count). The van der Waals surface area contributed by atoms with E-state index >= 15 is 0 Å². The molecule has 7 heteroatoms. The fourth-order valence-corrected chi connectivity index (χ4v) is 10.3. The molecule has 0 radical (unpaired) electrons. The number of rotatable bonds is 10. The van der Waals surface area contributed by atoms with Crippen molar-refractivity contribution < 1.29 is 34.0 Å². The van der Waals surface area contributed by atoms with E-state index in [-0.39, 0.29) is 41.7 Å². The highest BCUT2D eigenvalue weighted by Crippen LogP contribution is 2.72. The van der Waals surface area contributed by atoms with Crippen LogP contribution in [0.3, 0.4) is 0 Å². The SMILES string of the molecule is CC[C@@H](C)[C@@H](O)C(=O)O[C@@H]1CC(C(C)(C)O)[C@](C)(CCC(=O)OC)[C@H]2CC[C@]3(C)C(=CC[C@H]3[C@H]3CO[C@H](C=C(C)C)C3)[C@]12C. The van der Waals surface area contributed by atoms with Gasteiger partial charge < -0.3 is 24.4 Å². The molecule has 1 aliphatic heterocycles. The summed E-state index contributed by atoms with van der Waals surface area (Å²) >= 11 is 0. The lowest BCUT2D eigenvalue weighted by atomic mass is 9.39. The summed E-state index contributed by atoms with van der Waals surface area (Å²) in [5.74, 6) is -0.338. The number of esters is 2. The fourth-order valence-electron chi connectivity index (χ4n) is 10.3. The minimum Gasteiger partial charge on any atom is -0.469 e. The highest BCUT2D eigenvalue weighted by atomic mass is 16.6. The van der Waals surface area contributed by atoms with Gasteiger partial charge in [-0.15, -0.1) is 0 Å². The van der Waals surface area contributed by atoms with Gasteiger partial charge in [-0.25, -0.2) is 4.79 Å². The van der Waals surface area contributed by atoms with Gasteiger partial charge in [0.25, 0.3) is 0 Å². The molecule has 44 heavy (non-hydrogen) atoms. The third-order valence-electron chi connectivity index (χ3n) is 12.8. The summed E-state index contributed by atoms with van der Waals surface area (Å²) in [6.07, 6.45) is 8.99. The number of hydrogen-bond donors (Lipinski definition) is 2. The van der Waals surface area contributed by atoms with Crippen LogP contribution in [-0.4, -0.2) is 59.8 Å². The normalized spacial score (nSPS) is 39.9. The Kier molecular flexibility index (Phi) is 10.3. The molecular weight excluding hydrogens is 556 g/mol. The minimum atomic E-state index is -1.20. The second-order valence-corrected chi connectivity index (χ2v) is 16.1. The van der Waals surface area contributed by atoms with E-state index < -0.39 is 34.6 Å². The second kappa shape index (κ2) is 12.8. The van der Waals surface area contributed by atoms with Crippen molar-refractivity contribution in [3.8, 4) is 0 Å². The predicted octanol–water partition coefficient (Wildman–Crippen LogP) is 6.80. The first kappa shape index (κ1) is 35.2. The van der Waals surface area contributed by atoms with Gasteiger partial charge in [-0.05, 0) is 107 Å². The minimum absolute atomic E-state index is 0.0553. The number of hydrogen-bond acceptors (Lipinski definition) is 7. The van der Waals surface area contributed by atoms with Crippen molar-refractivity contribution >= 4 is 11.9 Å². The fraction of sp³-hybridized carbons (Fsp3) is 0.838. The van der Waals surface area contributed by atoms with Gasteiger partial charge in [0.2, 0.25) is 0 Å². The maximum atomic E-state index is 13.5. The van der Waals surface area contributed by atoms with Crippen LogP contribution in [0.5, 0.6) is 0 Å². The summed E-state index contributed by atoms with van der Waals surface area (Å²) in [4.78, 5) is 26.0. The quantitative estimate of drug-likeness (QED) is 0.206. The largest absolute Gasteiger partial charge is 0.469 e. The summed E-state index contributed by atoms with van der Waals surface area (Å²) in [5.41, 5.74) is 0.554. The van der Waals surface area contributed by atoms with Crippen LogP contribution < -0.4 is 0 Å². The smallest absolute Gasteiger partial charge is 0.335 e. The standard InChI is InChI=1S/C37H60O7/c1-11-23(4)32(39)33(40)44-30-20-29(34(5,6)41)36(8,17-15-31(38)42-10)28-14-16-35(7)26(12-13-27(35)37(28,30)9)24-19-25(43-21-24)18-22(2)3/h13,18,23-26,28-30,32,39,41H,11-12,14-17,19-21H2,1-10H3/t23-,24-,25-,26+,28-,29?,30-,32-,35+,36-,37+/m1/s1. The Morgan fingerprint density at radius 1 is 1.20 bits per heavy atom. The molecule has 0 bridgehead atoms. The maximum Gasteiger partial charge on any atom is 0.335 e. The Hall–Kier alpha value is -1.70. The summed E-state index contributed by atoms with van der Waals surface area (Å²) in [5, 5.41) is 22.5. The van der Waals surface area contributed by atoms with E-state index in [1.807, 2.05) is 27.7 Å². The first-order chi connectivity index (χ1) is 20.4. The molecule has 0 amide bonds. The van der Waals surface area contributed by atoms with Crippen molar-refractivity contribution in [2.45, 2.75) is 138 Å². The number of methoxy groups -OCH3 is 1. The first-order valence-electron chi connectivity index (χ1n) is 17.1. The Balaban J connectivity index is 1.77. The zero-order chi connectivity index (χ0) is 32.8. The number of fused-ring (bicyclic) bond motifs is 3. The summed E-state index contributed by atoms with van der Waals surface area (Å²) in [6.45, 7) is 19.4. The van der Waals surface area contributed by atoms with E-state index in [0.29, 0.717) is 31.1 Å². The van der Waals surface area contributed by atoms with Crippen LogP contribution in [0.1, 0.15) is 114 Å². The van der Waals surface area contributed by atoms with Crippen molar-refractivity contribution in [3.63, 3.8) is 0 Å². The van der Waals surface area contributed by atoms with Crippen molar-refractivity contribution in [1.29, 1.82) is 0 Å². The van der Waals surface area contributed by atoms with Crippen molar-refractivity contribution in [3.05, 3.63) is 23.3 Å². The average Bonchev–Trinajstić information content (AvgIpc) is 3.55. The molecule has 2 saturated carbocycles. The molecule has 0 aromatic rings. The van der Waals surface area contributed by atoms with Crippen LogP contribution in [0.15, 0.2) is 23.3 Å². The van der Waals surface area contributed by atoms with Crippen LogP contribution in [0.2, 0.25) is 0 Å². The summed E-state index contributed by atoms with van der Waals surface area (Å²) in [6, 6.07) is 0. The van der Waals surface area contributed by atoms with Gasteiger partial charge in [-0.2, -0.15) is 0 Å². The molecule has 11 atom stereocenters. The Labute approximate surface area is 266 Å². The van der Waals surface area contributed by atoms with Gasteiger partial charge in [0.15, 0.2) is 6.10 Å². The molecule has 3 fully saturated rings. The summed E-state index contributed by atoms with van der Waals surface area (Å²) in [7, 11) is 1.42. The van der Waals surface area contributed by atoms with Gasteiger partial charge in [0.1, 0.15) is 6.10 Å². The van der Waals surface area contributed by atoms with Crippen LogP contribution in [0, 0.1) is 45.8 Å². The molecule has 4 aliphatic rings.